The molecule has 1 atom stereocenters. The Morgan fingerprint density at radius 1 is 1.05 bits per heavy atom. The fourth-order valence-corrected chi connectivity index (χ4v) is 4.44. The maximum atomic E-state index is 13.4. The third kappa shape index (κ3) is 2.53. The lowest BCUT2D eigenvalue weighted by molar-refractivity contribution is 0.325. The first-order valence-corrected chi connectivity index (χ1v) is 8.39. The molecule has 3 rings (SSSR count). The van der Waals surface area contributed by atoms with Gasteiger partial charge in [-0.05, 0) is 60.9 Å². The average molecular weight is 323 g/mol. The molecular formula is C16H15F2NO2S. The number of sulfonamides is 1. The molecule has 0 saturated carbocycles. The third-order valence-electron chi connectivity index (χ3n) is 4.01. The van der Waals surface area contributed by atoms with Crippen molar-refractivity contribution in [2.75, 3.05) is 6.54 Å². The maximum Gasteiger partial charge on any atom is 0.243 e. The molecule has 0 radical (unpaired) electrons. The highest BCUT2D eigenvalue weighted by atomic mass is 32.2. The second-order valence-electron chi connectivity index (χ2n) is 5.34. The highest BCUT2D eigenvalue weighted by Crippen LogP contribution is 2.34. The van der Waals surface area contributed by atoms with E-state index >= 15 is 0 Å². The van der Waals surface area contributed by atoms with E-state index in [9.17, 15) is 17.2 Å². The van der Waals surface area contributed by atoms with Gasteiger partial charge in [0.2, 0.25) is 10.0 Å². The molecule has 1 aliphatic rings. The summed E-state index contributed by atoms with van der Waals surface area (Å²) in [6.07, 6.45) is 0.528. The van der Waals surface area contributed by atoms with Crippen LogP contribution in [0, 0.1) is 11.6 Å². The average Bonchev–Trinajstić information content (AvgIpc) is 2.48. The van der Waals surface area contributed by atoms with Gasteiger partial charge in [-0.1, -0.05) is 6.07 Å². The van der Waals surface area contributed by atoms with Crippen molar-refractivity contribution >= 4 is 10.0 Å². The van der Waals surface area contributed by atoms with Crippen LogP contribution in [0.4, 0.5) is 8.78 Å². The van der Waals surface area contributed by atoms with Crippen LogP contribution in [0.3, 0.4) is 0 Å². The Bertz CT molecular complexity index is 803. The van der Waals surface area contributed by atoms with Gasteiger partial charge in [0.15, 0.2) is 0 Å². The Morgan fingerprint density at radius 2 is 1.68 bits per heavy atom. The Labute approximate surface area is 128 Å². The molecule has 3 nitrogen and oxygen atoms in total. The topological polar surface area (TPSA) is 37.4 Å². The highest BCUT2D eigenvalue weighted by Gasteiger charge is 2.34. The first kappa shape index (κ1) is 15.1. The fraction of sp³-hybridized carbons (Fsp3) is 0.250. The molecule has 1 heterocycles. The molecule has 0 amide bonds. The van der Waals surface area contributed by atoms with E-state index in [0.29, 0.717) is 18.5 Å². The molecule has 0 aliphatic carbocycles. The van der Waals surface area contributed by atoms with Gasteiger partial charge in [0.25, 0.3) is 0 Å². The molecule has 0 saturated heterocycles. The van der Waals surface area contributed by atoms with Crippen molar-refractivity contribution in [1.29, 1.82) is 0 Å². The number of hydrogen-bond acceptors (Lipinski definition) is 2. The Hall–Kier alpha value is -1.79. The van der Waals surface area contributed by atoms with Crippen molar-refractivity contribution in [3.63, 3.8) is 0 Å². The van der Waals surface area contributed by atoms with Gasteiger partial charge in [0.05, 0.1) is 4.90 Å². The van der Waals surface area contributed by atoms with E-state index in [1.54, 1.807) is 13.0 Å². The van der Waals surface area contributed by atoms with Gasteiger partial charge < -0.3 is 0 Å². The predicted molar refractivity (Wildman–Crippen MR) is 78.8 cm³/mol. The minimum atomic E-state index is -3.74. The normalized spacial score (nSPS) is 19.0. The van der Waals surface area contributed by atoms with Crippen LogP contribution in [0.15, 0.2) is 47.4 Å². The molecule has 2 aromatic carbocycles. The standard InChI is InChI=1S/C16H15F2NO2S/c1-11-16-10-14(18)3-2-12(16)8-9-19(11)22(20,21)15-6-4-13(17)5-7-15/h2-7,10-11H,8-9H2,1H3. The summed E-state index contributed by atoms with van der Waals surface area (Å²) in [7, 11) is -3.74. The number of fused-ring (bicyclic) bond motifs is 1. The lowest BCUT2D eigenvalue weighted by atomic mass is 9.95. The van der Waals surface area contributed by atoms with Crippen molar-refractivity contribution in [3.8, 4) is 0 Å². The number of halogens is 2. The minimum absolute atomic E-state index is 0.0422. The monoisotopic (exact) mass is 323 g/mol. The lowest BCUT2D eigenvalue weighted by Gasteiger charge is -2.34. The SMILES string of the molecule is CC1c2cc(F)ccc2CCN1S(=O)(=O)c1ccc(F)cc1. The zero-order chi connectivity index (χ0) is 15.9. The number of rotatable bonds is 2. The van der Waals surface area contributed by atoms with E-state index in [0.717, 1.165) is 17.7 Å². The van der Waals surface area contributed by atoms with Crippen molar-refractivity contribution in [1.82, 2.24) is 4.31 Å². The van der Waals surface area contributed by atoms with Crippen LogP contribution in [0.1, 0.15) is 24.1 Å². The summed E-state index contributed by atoms with van der Waals surface area (Å²) in [5.74, 6) is -0.871. The highest BCUT2D eigenvalue weighted by molar-refractivity contribution is 7.89. The van der Waals surface area contributed by atoms with E-state index < -0.39 is 21.9 Å². The number of hydrogen-bond donors (Lipinski definition) is 0. The summed E-state index contributed by atoms with van der Waals surface area (Å²) in [6, 6.07) is 8.74. The van der Waals surface area contributed by atoms with Crippen molar-refractivity contribution in [2.45, 2.75) is 24.3 Å². The summed E-state index contributed by atoms with van der Waals surface area (Å²) in [4.78, 5) is 0.0422. The van der Waals surface area contributed by atoms with E-state index in [-0.39, 0.29) is 10.7 Å². The zero-order valence-corrected chi connectivity index (χ0v) is 12.8. The van der Waals surface area contributed by atoms with Gasteiger partial charge in [-0.3, -0.25) is 0 Å². The second-order valence-corrected chi connectivity index (χ2v) is 7.23. The van der Waals surface area contributed by atoms with Gasteiger partial charge in [0.1, 0.15) is 11.6 Å². The minimum Gasteiger partial charge on any atom is -0.207 e. The quantitative estimate of drug-likeness (QED) is 0.850. The molecule has 0 N–H and O–H groups in total. The molecule has 0 aromatic heterocycles. The smallest absolute Gasteiger partial charge is 0.207 e. The third-order valence-corrected chi connectivity index (χ3v) is 6.00. The Kier molecular flexibility index (Phi) is 3.74. The fourth-order valence-electron chi connectivity index (χ4n) is 2.83. The molecule has 2 aromatic rings. The number of nitrogens with zero attached hydrogens (tertiary/aromatic N) is 1. The van der Waals surface area contributed by atoms with Crippen LogP contribution in [-0.2, 0) is 16.4 Å². The van der Waals surface area contributed by atoms with Crippen molar-refractivity contribution in [2.24, 2.45) is 0 Å². The van der Waals surface area contributed by atoms with Crippen LogP contribution >= 0.6 is 0 Å². The molecule has 1 unspecified atom stereocenters. The van der Waals surface area contributed by atoms with Gasteiger partial charge in [-0.25, -0.2) is 17.2 Å². The van der Waals surface area contributed by atoms with Gasteiger partial charge in [-0.2, -0.15) is 4.31 Å². The van der Waals surface area contributed by atoms with Gasteiger partial charge in [0, 0.05) is 12.6 Å². The molecule has 0 spiro atoms. The van der Waals surface area contributed by atoms with Crippen LogP contribution in [0.2, 0.25) is 0 Å². The van der Waals surface area contributed by atoms with E-state index in [2.05, 4.69) is 0 Å². The maximum absolute atomic E-state index is 13.4. The van der Waals surface area contributed by atoms with Gasteiger partial charge in [-0.15, -0.1) is 0 Å². The van der Waals surface area contributed by atoms with Crippen molar-refractivity contribution in [3.05, 3.63) is 65.2 Å². The molecule has 0 bridgehead atoms. The summed E-state index contributed by atoms with van der Waals surface area (Å²) in [5.41, 5.74) is 1.64. The predicted octanol–water partition coefficient (Wildman–Crippen LogP) is 3.27. The molecule has 1 aliphatic heterocycles. The van der Waals surface area contributed by atoms with Crippen LogP contribution in [0.25, 0.3) is 0 Å². The van der Waals surface area contributed by atoms with Crippen LogP contribution < -0.4 is 0 Å². The van der Waals surface area contributed by atoms with Crippen LogP contribution in [-0.4, -0.2) is 19.3 Å². The van der Waals surface area contributed by atoms with Crippen LogP contribution in [0.5, 0.6) is 0 Å². The second kappa shape index (κ2) is 5.44. The largest absolute Gasteiger partial charge is 0.243 e. The molecular weight excluding hydrogens is 308 g/mol. The number of benzene rings is 2. The molecule has 116 valence electrons. The summed E-state index contributed by atoms with van der Waals surface area (Å²) >= 11 is 0. The lowest BCUT2D eigenvalue weighted by Crippen LogP contribution is -2.38. The summed E-state index contributed by atoms with van der Waals surface area (Å²) in [6.45, 7) is 2.05. The van der Waals surface area contributed by atoms with E-state index in [1.807, 2.05) is 0 Å². The van der Waals surface area contributed by atoms with Crippen molar-refractivity contribution < 1.29 is 17.2 Å². The first-order chi connectivity index (χ1) is 10.4. The van der Waals surface area contributed by atoms with Gasteiger partial charge >= 0.3 is 0 Å². The molecule has 0 fully saturated rings. The van der Waals surface area contributed by atoms with E-state index in [1.165, 1.54) is 28.6 Å². The zero-order valence-electron chi connectivity index (χ0n) is 12.0. The molecule has 22 heavy (non-hydrogen) atoms. The summed E-state index contributed by atoms with van der Waals surface area (Å²) < 4.78 is 53.2. The summed E-state index contributed by atoms with van der Waals surface area (Å²) in [5, 5.41) is 0. The van der Waals surface area contributed by atoms with E-state index in [4.69, 9.17) is 0 Å². The Morgan fingerprint density at radius 3 is 2.36 bits per heavy atom. The first-order valence-electron chi connectivity index (χ1n) is 6.95. The molecule has 6 heteroatoms. The Balaban J connectivity index is 2.00.